The molecular formula is C22H16N6O3. The number of hydrogen-bond donors (Lipinski definition) is 2. The molecular weight excluding hydrogens is 396 g/mol. The summed E-state index contributed by atoms with van der Waals surface area (Å²) >= 11 is 0. The fourth-order valence-corrected chi connectivity index (χ4v) is 3.45. The molecule has 152 valence electrons. The van der Waals surface area contributed by atoms with Gasteiger partial charge in [-0.15, -0.1) is 0 Å². The summed E-state index contributed by atoms with van der Waals surface area (Å²) in [6, 6.07) is 20.8. The Morgan fingerprint density at radius 3 is 2.61 bits per heavy atom. The molecule has 31 heavy (non-hydrogen) atoms. The fraction of sp³-hybridized carbons (Fsp3) is 0.0455. The maximum Gasteiger partial charge on any atom is 0.323 e. The van der Waals surface area contributed by atoms with Gasteiger partial charge >= 0.3 is 5.69 Å². The van der Waals surface area contributed by atoms with Crippen molar-refractivity contribution in [3.8, 4) is 0 Å². The summed E-state index contributed by atoms with van der Waals surface area (Å²) < 4.78 is 4.84. The second kappa shape index (κ2) is 7.71. The minimum absolute atomic E-state index is 0.0769. The number of nitro benzene ring substituents is 1. The first-order valence-corrected chi connectivity index (χ1v) is 9.52. The van der Waals surface area contributed by atoms with Crippen LogP contribution in [-0.4, -0.2) is 20.2 Å². The third-order valence-corrected chi connectivity index (χ3v) is 4.90. The number of rotatable bonds is 6. The summed E-state index contributed by atoms with van der Waals surface area (Å²) in [5.74, 6) is 0. The van der Waals surface area contributed by atoms with E-state index in [4.69, 9.17) is 4.63 Å². The quantitative estimate of drug-likeness (QED) is 0.294. The zero-order valence-corrected chi connectivity index (χ0v) is 16.1. The van der Waals surface area contributed by atoms with Crippen LogP contribution >= 0.6 is 0 Å². The number of nitrogens with one attached hydrogen (secondary N) is 2. The predicted octanol–water partition coefficient (Wildman–Crippen LogP) is 5.03. The molecule has 2 N–H and O–H groups in total. The molecule has 9 nitrogen and oxygen atoms in total. The Kier molecular flexibility index (Phi) is 4.60. The fourth-order valence-electron chi connectivity index (χ4n) is 3.45. The van der Waals surface area contributed by atoms with Crippen LogP contribution in [0.4, 0.5) is 22.7 Å². The van der Waals surface area contributed by atoms with E-state index in [1.54, 1.807) is 12.3 Å². The van der Waals surface area contributed by atoms with Gasteiger partial charge in [0, 0.05) is 23.8 Å². The topological polar surface area (TPSA) is 119 Å². The number of aromatic nitrogens is 3. The standard InChI is InChI=1S/C22H16N6O3/c29-28(30)22-19(24-13-14-5-2-1-3-6-14)12-18(20-21(22)27-31-26-20)25-16-8-9-17-15(11-16)7-4-10-23-17/h1-12,24-25H,13H2. The van der Waals surface area contributed by atoms with Gasteiger partial charge in [0.1, 0.15) is 5.69 Å². The number of nitrogens with zero attached hydrogens (tertiary/aromatic N) is 4. The van der Waals surface area contributed by atoms with Crippen LogP contribution in [0.25, 0.3) is 21.9 Å². The number of benzene rings is 3. The molecule has 0 fully saturated rings. The van der Waals surface area contributed by atoms with Gasteiger partial charge in [-0.2, -0.15) is 0 Å². The van der Waals surface area contributed by atoms with Gasteiger partial charge in [0.2, 0.25) is 5.52 Å². The molecule has 0 aliphatic rings. The molecule has 2 heterocycles. The van der Waals surface area contributed by atoms with Crippen molar-refractivity contribution in [2.75, 3.05) is 10.6 Å². The highest BCUT2D eigenvalue weighted by Crippen LogP contribution is 2.38. The van der Waals surface area contributed by atoms with E-state index < -0.39 is 4.92 Å². The van der Waals surface area contributed by atoms with Crippen molar-refractivity contribution in [3.05, 3.63) is 88.6 Å². The monoisotopic (exact) mass is 412 g/mol. The van der Waals surface area contributed by atoms with Crippen LogP contribution < -0.4 is 10.6 Å². The molecule has 0 bridgehead atoms. The molecule has 2 aromatic heterocycles. The minimum atomic E-state index is -0.481. The lowest BCUT2D eigenvalue weighted by Gasteiger charge is -2.12. The summed E-state index contributed by atoms with van der Waals surface area (Å²) in [5, 5.41) is 26.9. The zero-order valence-electron chi connectivity index (χ0n) is 16.1. The van der Waals surface area contributed by atoms with Crippen LogP contribution in [0, 0.1) is 10.1 Å². The highest BCUT2D eigenvalue weighted by molar-refractivity contribution is 6.00. The third kappa shape index (κ3) is 3.60. The van der Waals surface area contributed by atoms with Gasteiger partial charge < -0.3 is 10.6 Å². The molecule has 0 aliphatic heterocycles. The molecule has 0 saturated carbocycles. The normalized spacial score (nSPS) is 11.0. The average Bonchev–Trinajstić information content (AvgIpc) is 3.28. The Hall–Kier alpha value is -4.53. The first-order valence-electron chi connectivity index (χ1n) is 9.52. The SMILES string of the molecule is O=[N+]([O-])c1c(NCc2ccccc2)cc(Nc2ccc3ncccc3c2)c2nonc12. The van der Waals surface area contributed by atoms with Crippen LogP contribution in [0.2, 0.25) is 0 Å². The van der Waals surface area contributed by atoms with Crippen molar-refractivity contribution in [1.82, 2.24) is 15.3 Å². The average molecular weight is 412 g/mol. The van der Waals surface area contributed by atoms with Gasteiger partial charge in [0.05, 0.1) is 16.1 Å². The van der Waals surface area contributed by atoms with Crippen LogP contribution in [-0.2, 0) is 6.54 Å². The predicted molar refractivity (Wildman–Crippen MR) is 117 cm³/mol. The zero-order chi connectivity index (χ0) is 21.2. The molecule has 0 spiro atoms. The van der Waals surface area contributed by atoms with Gasteiger partial charge in [-0.25, -0.2) is 4.63 Å². The summed E-state index contributed by atoms with van der Waals surface area (Å²) in [4.78, 5) is 15.6. The highest BCUT2D eigenvalue weighted by atomic mass is 16.6. The molecule has 0 amide bonds. The Bertz CT molecular complexity index is 1400. The van der Waals surface area contributed by atoms with Crippen molar-refractivity contribution < 1.29 is 9.55 Å². The number of fused-ring (bicyclic) bond motifs is 2. The number of pyridine rings is 1. The second-order valence-electron chi connectivity index (χ2n) is 6.91. The third-order valence-electron chi connectivity index (χ3n) is 4.90. The van der Waals surface area contributed by atoms with Crippen LogP contribution in [0.1, 0.15) is 5.56 Å². The van der Waals surface area contributed by atoms with Gasteiger partial charge in [0.15, 0.2) is 5.52 Å². The molecule has 3 aromatic carbocycles. The van der Waals surface area contributed by atoms with E-state index in [9.17, 15) is 10.1 Å². The van der Waals surface area contributed by atoms with Gasteiger partial charge in [-0.1, -0.05) is 36.4 Å². The smallest absolute Gasteiger partial charge is 0.323 e. The molecule has 9 heteroatoms. The molecule has 5 rings (SSSR count). The summed E-state index contributed by atoms with van der Waals surface area (Å²) in [5.41, 5.74) is 3.69. The van der Waals surface area contributed by atoms with Crippen LogP contribution in [0.5, 0.6) is 0 Å². The molecule has 5 aromatic rings. The Balaban J connectivity index is 1.56. The second-order valence-corrected chi connectivity index (χ2v) is 6.91. The van der Waals surface area contributed by atoms with Crippen molar-refractivity contribution in [3.63, 3.8) is 0 Å². The first kappa shape index (κ1) is 18.5. The van der Waals surface area contributed by atoms with Crippen molar-refractivity contribution in [2.24, 2.45) is 0 Å². The van der Waals surface area contributed by atoms with E-state index >= 15 is 0 Å². The summed E-state index contributed by atoms with van der Waals surface area (Å²) in [6.45, 7) is 0.416. The largest absolute Gasteiger partial charge is 0.375 e. The van der Waals surface area contributed by atoms with Gasteiger partial charge in [-0.05, 0) is 46.2 Å². The van der Waals surface area contributed by atoms with Crippen LogP contribution in [0.15, 0.2) is 77.6 Å². The van der Waals surface area contributed by atoms with E-state index in [1.807, 2.05) is 60.7 Å². The lowest BCUT2D eigenvalue weighted by molar-refractivity contribution is -0.382. The molecule has 0 saturated heterocycles. The number of anilines is 3. The number of nitro groups is 1. The van der Waals surface area contributed by atoms with E-state index in [1.165, 1.54) is 0 Å². The molecule has 0 unspecified atom stereocenters. The van der Waals surface area contributed by atoms with Gasteiger partial charge in [0.25, 0.3) is 0 Å². The van der Waals surface area contributed by atoms with E-state index in [0.717, 1.165) is 22.2 Å². The van der Waals surface area contributed by atoms with Crippen molar-refractivity contribution in [2.45, 2.75) is 6.54 Å². The summed E-state index contributed by atoms with van der Waals surface area (Å²) in [6.07, 6.45) is 1.74. The Labute approximate surface area is 175 Å². The molecule has 0 aliphatic carbocycles. The minimum Gasteiger partial charge on any atom is -0.375 e. The van der Waals surface area contributed by atoms with E-state index in [2.05, 4.69) is 25.9 Å². The maximum absolute atomic E-state index is 11.8. The van der Waals surface area contributed by atoms with Crippen molar-refractivity contribution in [1.29, 1.82) is 0 Å². The lowest BCUT2D eigenvalue weighted by atomic mass is 10.1. The summed E-state index contributed by atoms with van der Waals surface area (Å²) in [7, 11) is 0. The lowest BCUT2D eigenvalue weighted by Crippen LogP contribution is -2.04. The van der Waals surface area contributed by atoms with E-state index in [0.29, 0.717) is 17.9 Å². The van der Waals surface area contributed by atoms with Crippen LogP contribution in [0.3, 0.4) is 0 Å². The Morgan fingerprint density at radius 1 is 0.935 bits per heavy atom. The highest BCUT2D eigenvalue weighted by Gasteiger charge is 2.26. The Morgan fingerprint density at radius 2 is 1.77 bits per heavy atom. The molecule has 0 atom stereocenters. The van der Waals surface area contributed by atoms with Gasteiger partial charge in [-0.3, -0.25) is 15.1 Å². The van der Waals surface area contributed by atoms with E-state index in [-0.39, 0.29) is 16.7 Å². The maximum atomic E-state index is 11.8. The molecule has 0 radical (unpaired) electrons. The number of hydrogen-bond acceptors (Lipinski definition) is 8. The first-order chi connectivity index (χ1) is 15.2. The van der Waals surface area contributed by atoms with Crippen molar-refractivity contribution >= 4 is 44.7 Å².